The van der Waals surface area contributed by atoms with Gasteiger partial charge in [-0.25, -0.2) is 4.79 Å². The van der Waals surface area contributed by atoms with E-state index in [4.69, 9.17) is 0 Å². The van der Waals surface area contributed by atoms with E-state index in [-0.39, 0.29) is 0 Å². The average molecular weight is 324 g/mol. The van der Waals surface area contributed by atoms with Crippen molar-refractivity contribution in [2.45, 2.75) is 31.0 Å². The van der Waals surface area contributed by atoms with Crippen molar-refractivity contribution in [2.24, 2.45) is 5.92 Å². The van der Waals surface area contributed by atoms with Gasteiger partial charge < -0.3 is 20.5 Å². The second-order valence-corrected chi connectivity index (χ2v) is 4.11. The summed E-state index contributed by atoms with van der Waals surface area (Å²) in [5.74, 6) is -5.10. The Bertz CT molecular complexity index is 437. The van der Waals surface area contributed by atoms with Gasteiger partial charge in [-0.1, -0.05) is 0 Å². The van der Waals surface area contributed by atoms with Gasteiger partial charge in [0, 0.05) is 0 Å². The standard InChI is InChI=1S/C9H10F6N2O4/c1-2-21-5(18)3-4(8(10,11)12)16-6(19)17-7(3,20)9(13,14)15/h3-4,20H,2H2,1H3,(H2,16,17,19). The predicted octanol–water partition coefficient (Wildman–Crippen LogP) is 0.660. The molecule has 1 rings (SSSR count). The van der Waals surface area contributed by atoms with Gasteiger partial charge in [0.1, 0.15) is 12.0 Å². The molecule has 3 N–H and O–H groups in total. The fraction of sp³-hybridized carbons (Fsp3) is 0.778. The Morgan fingerprint density at radius 3 is 2.24 bits per heavy atom. The van der Waals surface area contributed by atoms with E-state index in [0.717, 1.165) is 17.6 Å². The number of esters is 1. The van der Waals surface area contributed by atoms with Crippen molar-refractivity contribution in [3.8, 4) is 0 Å². The number of halogens is 6. The molecule has 3 unspecified atom stereocenters. The molecule has 6 nitrogen and oxygen atoms in total. The molecule has 0 bridgehead atoms. The lowest BCUT2D eigenvalue weighted by Gasteiger charge is -2.44. The zero-order chi connectivity index (χ0) is 16.6. The van der Waals surface area contributed by atoms with Crippen LogP contribution < -0.4 is 10.6 Å². The second-order valence-electron chi connectivity index (χ2n) is 4.11. The van der Waals surface area contributed by atoms with E-state index in [1.54, 1.807) is 0 Å². The second kappa shape index (κ2) is 5.24. The molecule has 12 heteroatoms. The SMILES string of the molecule is CCOC(=O)C1C(C(F)(F)F)NC(=O)NC1(O)C(F)(F)F. The number of carbonyl (C=O) groups excluding carboxylic acids is 2. The molecule has 2 amide bonds. The fourth-order valence-corrected chi connectivity index (χ4v) is 1.81. The van der Waals surface area contributed by atoms with E-state index in [1.165, 1.54) is 0 Å². The minimum absolute atomic E-state index is 0.512. The molecule has 0 radical (unpaired) electrons. The number of aliphatic hydroxyl groups is 1. The first kappa shape index (κ1) is 17.3. The highest BCUT2D eigenvalue weighted by Crippen LogP contribution is 2.42. The van der Waals surface area contributed by atoms with Gasteiger partial charge in [-0.2, -0.15) is 26.3 Å². The summed E-state index contributed by atoms with van der Waals surface area (Å²) in [7, 11) is 0. The third kappa shape index (κ3) is 3.14. The number of amides is 2. The minimum Gasteiger partial charge on any atom is -0.466 e. The van der Waals surface area contributed by atoms with Gasteiger partial charge in [0.25, 0.3) is 5.72 Å². The molecule has 1 aliphatic rings. The number of urea groups is 1. The van der Waals surface area contributed by atoms with Crippen LogP contribution >= 0.6 is 0 Å². The highest BCUT2D eigenvalue weighted by atomic mass is 19.4. The molecule has 0 aromatic heterocycles. The van der Waals surface area contributed by atoms with Crippen molar-refractivity contribution in [1.82, 2.24) is 10.6 Å². The van der Waals surface area contributed by atoms with Gasteiger partial charge in [-0.05, 0) is 6.92 Å². The molecule has 1 heterocycles. The number of hydrogen-bond donors (Lipinski definition) is 3. The van der Waals surface area contributed by atoms with Gasteiger partial charge in [0.05, 0.1) is 6.61 Å². The van der Waals surface area contributed by atoms with Crippen LogP contribution in [0.1, 0.15) is 6.92 Å². The third-order valence-electron chi connectivity index (χ3n) is 2.70. The van der Waals surface area contributed by atoms with Crippen LogP contribution in [0.25, 0.3) is 0 Å². The van der Waals surface area contributed by atoms with Gasteiger partial charge >= 0.3 is 24.4 Å². The maximum absolute atomic E-state index is 12.8. The number of hydrogen-bond acceptors (Lipinski definition) is 4. The molecule has 0 aromatic rings. The monoisotopic (exact) mass is 324 g/mol. The molecule has 122 valence electrons. The summed E-state index contributed by atoms with van der Waals surface area (Å²) in [6, 6.07) is -5.17. The van der Waals surface area contributed by atoms with Crippen LogP contribution in [0, 0.1) is 5.92 Å². The smallest absolute Gasteiger partial charge is 0.437 e. The minimum atomic E-state index is -5.73. The van der Waals surface area contributed by atoms with Crippen molar-refractivity contribution in [3.63, 3.8) is 0 Å². The molecule has 1 saturated heterocycles. The summed E-state index contributed by atoms with van der Waals surface area (Å²) in [5, 5.41) is 11.5. The average Bonchev–Trinajstić information content (AvgIpc) is 2.25. The first-order valence-corrected chi connectivity index (χ1v) is 5.45. The summed E-state index contributed by atoms with van der Waals surface area (Å²) in [4.78, 5) is 22.4. The Morgan fingerprint density at radius 1 is 1.33 bits per heavy atom. The van der Waals surface area contributed by atoms with E-state index in [0.29, 0.717) is 0 Å². The third-order valence-corrected chi connectivity index (χ3v) is 2.70. The lowest BCUT2D eigenvalue weighted by Crippen LogP contribution is -2.77. The van der Waals surface area contributed by atoms with Crippen LogP contribution in [-0.2, 0) is 9.53 Å². The molecule has 0 aromatic carbocycles. The van der Waals surface area contributed by atoms with Crippen molar-refractivity contribution < 1.29 is 45.8 Å². The number of nitrogens with one attached hydrogen (secondary N) is 2. The molecule has 21 heavy (non-hydrogen) atoms. The molecular formula is C9H10F6N2O4. The lowest BCUT2D eigenvalue weighted by molar-refractivity contribution is -0.306. The largest absolute Gasteiger partial charge is 0.466 e. The zero-order valence-corrected chi connectivity index (χ0v) is 10.3. The lowest BCUT2D eigenvalue weighted by atomic mass is 9.85. The summed E-state index contributed by atoms with van der Waals surface area (Å²) in [5.41, 5.74) is -4.40. The Kier molecular flexibility index (Phi) is 4.32. The van der Waals surface area contributed by atoms with E-state index >= 15 is 0 Å². The highest BCUT2D eigenvalue weighted by molar-refractivity contribution is 5.83. The van der Waals surface area contributed by atoms with E-state index < -0.39 is 48.6 Å². The Hall–Kier alpha value is -1.72. The fourth-order valence-electron chi connectivity index (χ4n) is 1.81. The molecule has 1 fully saturated rings. The van der Waals surface area contributed by atoms with Crippen LogP contribution in [0.2, 0.25) is 0 Å². The number of rotatable bonds is 2. The van der Waals surface area contributed by atoms with E-state index in [2.05, 4.69) is 4.74 Å². The van der Waals surface area contributed by atoms with E-state index in [9.17, 15) is 41.0 Å². The van der Waals surface area contributed by atoms with Crippen LogP contribution in [0.15, 0.2) is 0 Å². The molecule has 0 spiro atoms. The van der Waals surface area contributed by atoms with Crippen LogP contribution in [0.4, 0.5) is 31.1 Å². The maximum Gasteiger partial charge on any atom is 0.437 e. The zero-order valence-electron chi connectivity index (χ0n) is 10.3. The Balaban J connectivity index is 3.38. The number of ether oxygens (including phenoxy) is 1. The number of alkyl halides is 6. The molecule has 3 atom stereocenters. The van der Waals surface area contributed by atoms with Gasteiger partial charge in [-0.3, -0.25) is 4.79 Å². The first-order valence-electron chi connectivity index (χ1n) is 5.45. The Morgan fingerprint density at radius 2 is 1.86 bits per heavy atom. The van der Waals surface area contributed by atoms with Crippen molar-refractivity contribution in [2.75, 3.05) is 6.61 Å². The molecule has 0 aliphatic carbocycles. The summed E-state index contributed by atoms with van der Waals surface area (Å²) < 4.78 is 81.0. The van der Waals surface area contributed by atoms with Crippen LogP contribution in [-0.4, -0.2) is 47.8 Å². The van der Waals surface area contributed by atoms with Gasteiger partial charge in [0.2, 0.25) is 0 Å². The summed E-state index contributed by atoms with van der Waals surface area (Å²) >= 11 is 0. The maximum atomic E-state index is 12.8. The first-order chi connectivity index (χ1) is 9.34. The van der Waals surface area contributed by atoms with E-state index in [1.807, 2.05) is 0 Å². The van der Waals surface area contributed by atoms with Crippen LogP contribution in [0.5, 0.6) is 0 Å². The van der Waals surface area contributed by atoms with Crippen molar-refractivity contribution in [3.05, 3.63) is 0 Å². The molecule has 1 aliphatic heterocycles. The predicted molar refractivity (Wildman–Crippen MR) is 52.6 cm³/mol. The van der Waals surface area contributed by atoms with Crippen molar-refractivity contribution in [1.29, 1.82) is 0 Å². The van der Waals surface area contributed by atoms with Crippen LogP contribution in [0.3, 0.4) is 0 Å². The summed E-state index contributed by atoms with van der Waals surface area (Å²) in [6.07, 6.45) is -11.1. The van der Waals surface area contributed by atoms with Gasteiger partial charge in [-0.15, -0.1) is 0 Å². The molecule has 0 saturated carbocycles. The topological polar surface area (TPSA) is 87.7 Å². The highest BCUT2D eigenvalue weighted by Gasteiger charge is 2.71. The van der Waals surface area contributed by atoms with Crippen molar-refractivity contribution >= 4 is 12.0 Å². The number of carbonyl (C=O) groups is 2. The Labute approximate surface area is 113 Å². The quantitative estimate of drug-likeness (QED) is 0.514. The summed E-state index contributed by atoms with van der Waals surface area (Å²) in [6.45, 7) is 0.643. The van der Waals surface area contributed by atoms with Gasteiger partial charge in [0.15, 0.2) is 0 Å². The molecular weight excluding hydrogens is 314 g/mol. The normalized spacial score (nSPS) is 30.4.